The Hall–Kier alpha value is -1.57. The first-order valence-electron chi connectivity index (χ1n) is 5.19. The molecule has 0 aliphatic rings. The van der Waals surface area contributed by atoms with E-state index in [0.29, 0.717) is 10.9 Å². The number of phenolic OH excluding ortho intramolecular Hbond substituents is 1. The second-order valence-electron chi connectivity index (χ2n) is 3.55. The van der Waals surface area contributed by atoms with Gasteiger partial charge < -0.3 is 9.63 Å². The Morgan fingerprint density at radius 2 is 1.59 bits per heavy atom. The molecule has 2 aromatic rings. The molecule has 0 amide bonds. The number of benzene rings is 2. The molecule has 17 heavy (non-hydrogen) atoms. The molecule has 88 valence electrons. The van der Waals surface area contributed by atoms with Gasteiger partial charge in [-0.15, -0.1) is 0 Å². The zero-order valence-electron chi connectivity index (χ0n) is 9.38. The van der Waals surface area contributed by atoms with Crippen LogP contribution in [0.5, 0.6) is 5.75 Å². The summed E-state index contributed by atoms with van der Waals surface area (Å²) in [5.74, 6) is 0.172. The molecule has 1 atom stereocenters. The van der Waals surface area contributed by atoms with Gasteiger partial charge in [-0.2, -0.15) is 0 Å². The Labute approximate surface area is 101 Å². The molecule has 0 fully saturated rings. The normalized spacial score (nSPS) is 12.3. The molecule has 0 aliphatic heterocycles. The van der Waals surface area contributed by atoms with Gasteiger partial charge in [-0.3, -0.25) is 4.57 Å². The molecule has 0 saturated carbocycles. The van der Waals surface area contributed by atoms with E-state index < -0.39 is 8.03 Å². The summed E-state index contributed by atoms with van der Waals surface area (Å²) < 4.78 is 16.7. The van der Waals surface area contributed by atoms with Gasteiger partial charge in [-0.05, 0) is 17.7 Å². The van der Waals surface area contributed by atoms with Crippen molar-refractivity contribution in [2.45, 2.75) is 0 Å². The zero-order valence-corrected chi connectivity index (χ0v) is 10.4. The number of hydrogen-bond acceptors (Lipinski definition) is 3. The van der Waals surface area contributed by atoms with E-state index in [4.69, 9.17) is 4.52 Å². The van der Waals surface area contributed by atoms with Crippen LogP contribution < -0.4 is 5.30 Å². The van der Waals surface area contributed by atoms with Crippen molar-refractivity contribution in [3.8, 4) is 16.9 Å². The smallest absolute Gasteiger partial charge is 0.221 e. The first-order chi connectivity index (χ1) is 8.24. The summed E-state index contributed by atoms with van der Waals surface area (Å²) in [6.45, 7) is 0. The highest BCUT2D eigenvalue weighted by atomic mass is 31.1. The highest BCUT2D eigenvalue weighted by Gasteiger charge is 2.12. The minimum Gasteiger partial charge on any atom is -0.507 e. The number of para-hydroxylation sites is 1. The molecule has 2 rings (SSSR count). The maximum Gasteiger partial charge on any atom is 0.221 e. The molecule has 3 nitrogen and oxygen atoms in total. The van der Waals surface area contributed by atoms with E-state index >= 15 is 0 Å². The summed E-state index contributed by atoms with van der Waals surface area (Å²) in [7, 11) is -0.841. The molecule has 4 heteroatoms. The lowest BCUT2D eigenvalue weighted by molar-refractivity contribution is 0.423. The van der Waals surface area contributed by atoms with Gasteiger partial charge in [-0.25, -0.2) is 0 Å². The standard InChI is InChI=1S/C13H13O3P/c1-16-17(15)13-9-5-3-7-11(13)10-6-2-4-8-12(10)14/h2-9,14,17H,1H3. The maximum atomic E-state index is 11.8. The average molecular weight is 248 g/mol. The van der Waals surface area contributed by atoms with Gasteiger partial charge in [0.2, 0.25) is 8.03 Å². The van der Waals surface area contributed by atoms with Crippen molar-refractivity contribution in [3.05, 3.63) is 48.5 Å². The van der Waals surface area contributed by atoms with Gasteiger partial charge in [0, 0.05) is 18.0 Å². The largest absolute Gasteiger partial charge is 0.507 e. The summed E-state index contributed by atoms with van der Waals surface area (Å²) in [6, 6.07) is 14.2. The van der Waals surface area contributed by atoms with E-state index in [1.165, 1.54) is 7.11 Å². The molecule has 1 unspecified atom stereocenters. The second kappa shape index (κ2) is 5.17. The molecule has 0 saturated heterocycles. The molecule has 0 spiro atoms. The van der Waals surface area contributed by atoms with Crippen molar-refractivity contribution in [1.82, 2.24) is 0 Å². The van der Waals surface area contributed by atoms with Gasteiger partial charge >= 0.3 is 0 Å². The monoisotopic (exact) mass is 248 g/mol. The van der Waals surface area contributed by atoms with Crippen LogP contribution in [0.25, 0.3) is 11.1 Å². The van der Waals surface area contributed by atoms with Crippen LogP contribution in [0.4, 0.5) is 0 Å². The molecular formula is C13H13O3P. The number of hydrogen-bond donors (Lipinski definition) is 1. The van der Waals surface area contributed by atoms with Crippen LogP contribution in [0, 0.1) is 0 Å². The van der Waals surface area contributed by atoms with Crippen molar-refractivity contribution < 1.29 is 14.2 Å². The van der Waals surface area contributed by atoms with Gasteiger partial charge in [0.1, 0.15) is 5.75 Å². The fourth-order valence-corrected chi connectivity index (χ4v) is 2.60. The third kappa shape index (κ3) is 2.41. The lowest BCUT2D eigenvalue weighted by Crippen LogP contribution is -2.01. The topological polar surface area (TPSA) is 46.5 Å². The summed E-state index contributed by atoms with van der Waals surface area (Å²) in [5, 5.41) is 10.4. The van der Waals surface area contributed by atoms with Crippen LogP contribution in [0.2, 0.25) is 0 Å². The molecule has 0 radical (unpaired) electrons. The first kappa shape index (κ1) is 11.9. The average Bonchev–Trinajstić information content (AvgIpc) is 2.38. The van der Waals surface area contributed by atoms with E-state index in [2.05, 4.69) is 0 Å². The van der Waals surface area contributed by atoms with E-state index in [9.17, 15) is 9.67 Å². The first-order valence-corrected chi connectivity index (χ1v) is 6.51. The van der Waals surface area contributed by atoms with Crippen molar-refractivity contribution in [2.75, 3.05) is 7.11 Å². The summed E-state index contributed by atoms with van der Waals surface area (Å²) >= 11 is 0. The predicted octanol–water partition coefficient (Wildman–Crippen LogP) is 2.81. The van der Waals surface area contributed by atoms with Gasteiger partial charge in [-0.1, -0.05) is 36.4 Å². The minimum absolute atomic E-state index is 0.172. The van der Waals surface area contributed by atoms with Crippen LogP contribution in [-0.2, 0) is 9.09 Å². The SMILES string of the molecule is CO[PH](=O)c1ccccc1-c1ccccc1O. The second-order valence-corrected chi connectivity index (χ2v) is 5.08. The highest BCUT2D eigenvalue weighted by molar-refractivity contribution is 7.48. The van der Waals surface area contributed by atoms with E-state index in [1.54, 1.807) is 30.3 Å². The molecule has 0 aromatic heterocycles. The van der Waals surface area contributed by atoms with Crippen LogP contribution in [0.3, 0.4) is 0 Å². The maximum absolute atomic E-state index is 11.8. The van der Waals surface area contributed by atoms with Crippen LogP contribution in [0.15, 0.2) is 48.5 Å². The Morgan fingerprint density at radius 1 is 1.00 bits per heavy atom. The van der Waals surface area contributed by atoms with Gasteiger partial charge in [0.05, 0.1) is 0 Å². The van der Waals surface area contributed by atoms with Crippen molar-refractivity contribution in [3.63, 3.8) is 0 Å². The Morgan fingerprint density at radius 3 is 2.24 bits per heavy atom. The van der Waals surface area contributed by atoms with E-state index in [0.717, 1.165) is 5.56 Å². The quantitative estimate of drug-likeness (QED) is 0.849. The number of aromatic hydroxyl groups is 1. The molecule has 0 aliphatic carbocycles. The third-order valence-electron chi connectivity index (χ3n) is 2.53. The van der Waals surface area contributed by atoms with Crippen molar-refractivity contribution >= 4 is 13.3 Å². The van der Waals surface area contributed by atoms with Crippen molar-refractivity contribution in [1.29, 1.82) is 0 Å². The lowest BCUT2D eigenvalue weighted by Gasteiger charge is -2.09. The minimum atomic E-state index is -2.26. The fraction of sp³-hybridized carbons (Fsp3) is 0.0769. The van der Waals surface area contributed by atoms with Gasteiger partial charge in [0.15, 0.2) is 0 Å². The number of phenols is 1. The summed E-state index contributed by atoms with van der Waals surface area (Å²) in [5.41, 5.74) is 1.41. The molecule has 1 N–H and O–H groups in total. The Bertz CT molecular complexity index is 552. The predicted molar refractivity (Wildman–Crippen MR) is 69.2 cm³/mol. The van der Waals surface area contributed by atoms with Gasteiger partial charge in [0.25, 0.3) is 0 Å². The Kier molecular flexibility index (Phi) is 3.62. The van der Waals surface area contributed by atoms with Crippen molar-refractivity contribution in [2.24, 2.45) is 0 Å². The van der Waals surface area contributed by atoms with E-state index in [1.807, 2.05) is 18.2 Å². The Balaban J connectivity index is 2.60. The molecule has 0 heterocycles. The third-order valence-corrected chi connectivity index (χ3v) is 3.77. The molecule has 2 aromatic carbocycles. The fourth-order valence-electron chi connectivity index (χ4n) is 1.71. The molecular weight excluding hydrogens is 235 g/mol. The molecule has 0 bridgehead atoms. The summed E-state index contributed by atoms with van der Waals surface area (Å²) in [6.07, 6.45) is 0. The zero-order chi connectivity index (χ0) is 12.3. The lowest BCUT2D eigenvalue weighted by atomic mass is 10.0. The van der Waals surface area contributed by atoms with Crippen LogP contribution >= 0.6 is 8.03 Å². The highest BCUT2D eigenvalue weighted by Crippen LogP contribution is 2.32. The van der Waals surface area contributed by atoms with E-state index in [-0.39, 0.29) is 5.75 Å². The van der Waals surface area contributed by atoms with Crippen LogP contribution in [-0.4, -0.2) is 12.2 Å². The van der Waals surface area contributed by atoms with Crippen LogP contribution in [0.1, 0.15) is 0 Å². The number of rotatable bonds is 3. The summed E-state index contributed by atoms with van der Waals surface area (Å²) in [4.78, 5) is 0.